The number of cyclic esters (lactones) is 1. The van der Waals surface area contributed by atoms with Gasteiger partial charge in [0, 0.05) is 17.9 Å². The van der Waals surface area contributed by atoms with Crippen molar-refractivity contribution in [1.29, 1.82) is 0 Å². The number of ether oxygens (including phenoxy) is 3. The molecule has 36 heavy (non-hydrogen) atoms. The van der Waals surface area contributed by atoms with Gasteiger partial charge in [0.1, 0.15) is 5.60 Å². The minimum absolute atomic E-state index is 0.0972. The van der Waals surface area contributed by atoms with E-state index in [0.717, 1.165) is 17.9 Å². The van der Waals surface area contributed by atoms with Gasteiger partial charge in [0.15, 0.2) is 5.78 Å². The molecule has 1 saturated carbocycles. The second-order valence-corrected chi connectivity index (χ2v) is 11.0. The van der Waals surface area contributed by atoms with Gasteiger partial charge in [0.2, 0.25) is 5.60 Å². The van der Waals surface area contributed by atoms with E-state index in [4.69, 9.17) is 14.2 Å². The summed E-state index contributed by atoms with van der Waals surface area (Å²) in [7, 11) is 0. The fourth-order valence-electron chi connectivity index (χ4n) is 6.51. The van der Waals surface area contributed by atoms with E-state index >= 15 is 0 Å². The maximum absolute atomic E-state index is 13.8. The van der Waals surface area contributed by atoms with Crippen LogP contribution in [0.15, 0.2) is 54.8 Å². The first-order chi connectivity index (χ1) is 17.0. The van der Waals surface area contributed by atoms with Gasteiger partial charge in [0.25, 0.3) is 5.91 Å². The highest BCUT2D eigenvalue weighted by atomic mass is 16.7. The zero-order valence-corrected chi connectivity index (χ0v) is 21.0. The van der Waals surface area contributed by atoms with Crippen molar-refractivity contribution in [1.82, 2.24) is 5.32 Å². The largest absolute Gasteiger partial charge is 0.514 e. The Labute approximate surface area is 210 Å². The second kappa shape index (κ2) is 8.56. The van der Waals surface area contributed by atoms with Crippen molar-refractivity contribution in [2.45, 2.75) is 69.5 Å². The van der Waals surface area contributed by atoms with Crippen LogP contribution in [0.3, 0.4) is 0 Å². The number of carbonyl (C=O) groups excluding carboxylic acids is 3. The van der Waals surface area contributed by atoms with Crippen LogP contribution >= 0.6 is 0 Å². The molecule has 9 atom stereocenters. The normalized spacial score (nSPS) is 45.8. The molecular formula is C28H33NO7. The number of hydrogen-bond donors (Lipinski definition) is 2. The number of benzene rings is 1. The Balaban J connectivity index is 1.58. The van der Waals surface area contributed by atoms with E-state index in [1.807, 2.05) is 56.3 Å². The van der Waals surface area contributed by atoms with Gasteiger partial charge in [-0.2, -0.15) is 0 Å². The van der Waals surface area contributed by atoms with Crippen LogP contribution in [0.2, 0.25) is 0 Å². The minimum Gasteiger partial charge on any atom is -0.416 e. The van der Waals surface area contributed by atoms with E-state index < -0.39 is 40.6 Å². The van der Waals surface area contributed by atoms with Crippen LogP contribution in [-0.2, 0) is 30.2 Å². The summed E-state index contributed by atoms with van der Waals surface area (Å²) in [6.07, 6.45) is 5.28. The topological polar surface area (TPSA) is 114 Å². The standard InChI is InChI=1S/C28H33NO7/c1-16-9-8-12-19-23-27(4,35-23)17(2)21-20(15-18-10-6-5-7-11-18)29-24(31)28(19,21)36-25(32)34-14-13-26(3,33)22(16)30/h5-8,10-14,16-17,19-21,23,33H,9,15H2,1-4H3,(H,29,31)/b12-8-,14-13-/t16-,17-,19-,20+,21-,23+,26+,27+,28-/m0/s1. The number of aliphatic hydroxyl groups is 1. The molecule has 3 aliphatic heterocycles. The maximum atomic E-state index is 13.8. The fraction of sp³-hybridized carbons (Fsp3) is 0.536. The summed E-state index contributed by atoms with van der Waals surface area (Å²) in [5, 5.41) is 13.7. The first-order valence-electron chi connectivity index (χ1n) is 12.5. The molecule has 4 aliphatic rings. The zero-order valence-electron chi connectivity index (χ0n) is 21.0. The van der Waals surface area contributed by atoms with Crippen LogP contribution in [0.25, 0.3) is 0 Å². The molecular weight excluding hydrogens is 462 g/mol. The smallest absolute Gasteiger partial charge is 0.416 e. The lowest BCUT2D eigenvalue weighted by atomic mass is 9.59. The van der Waals surface area contributed by atoms with E-state index in [1.165, 1.54) is 6.92 Å². The average molecular weight is 496 g/mol. The second-order valence-electron chi connectivity index (χ2n) is 11.0. The van der Waals surface area contributed by atoms with Gasteiger partial charge in [-0.3, -0.25) is 9.59 Å². The van der Waals surface area contributed by atoms with E-state index in [0.29, 0.717) is 12.8 Å². The number of ketones is 1. The first kappa shape index (κ1) is 24.7. The number of amides is 1. The monoisotopic (exact) mass is 495 g/mol. The lowest BCUT2D eigenvalue weighted by Gasteiger charge is -2.45. The first-order valence-corrected chi connectivity index (χ1v) is 12.5. The third-order valence-corrected chi connectivity index (χ3v) is 8.64. The van der Waals surface area contributed by atoms with Crippen molar-refractivity contribution in [3.05, 3.63) is 60.4 Å². The average Bonchev–Trinajstić information content (AvgIpc) is 3.45. The Morgan fingerprint density at radius 2 is 1.83 bits per heavy atom. The molecule has 2 saturated heterocycles. The molecule has 1 aromatic carbocycles. The highest BCUT2D eigenvalue weighted by molar-refractivity contribution is 5.92. The van der Waals surface area contributed by atoms with Gasteiger partial charge in [-0.05, 0) is 44.2 Å². The summed E-state index contributed by atoms with van der Waals surface area (Å²) >= 11 is 0. The molecule has 2 N–H and O–H groups in total. The van der Waals surface area contributed by atoms with Gasteiger partial charge in [-0.15, -0.1) is 0 Å². The lowest BCUT2D eigenvalue weighted by molar-refractivity contribution is -0.153. The molecule has 5 rings (SSSR count). The Morgan fingerprint density at radius 1 is 1.11 bits per heavy atom. The van der Waals surface area contributed by atoms with Gasteiger partial charge in [-0.25, -0.2) is 4.79 Å². The molecule has 1 aromatic rings. The number of epoxide rings is 1. The Bertz CT molecular complexity index is 1130. The molecule has 0 radical (unpaired) electrons. The van der Waals surface area contributed by atoms with Crippen LogP contribution in [0.4, 0.5) is 4.79 Å². The highest BCUT2D eigenvalue weighted by Gasteiger charge is 2.78. The number of hydrogen-bond acceptors (Lipinski definition) is 7. The minimum atomic E-state index is -1.81. The van der Waals surface area contributed by atoms with Crippen LogP contribution in [0, 0.1) is 23.7 Å². The summed E-state index contributed by atoms with van der Waals surface area (Å²) in [6, 6.07) is 9.58. The van der Waals surface area contributed by atoms with Gasteiger partial charge >= 0.3 is 6.16 Å². The molecule has 1 spiro atoms. The van der Waals surface area contributed by atoms with Crippen molar-refractivity contribution >= 4 is 17.8 Å². The Hall–Kier alpha value is -2.97. The summed E-state index contributed by atoms with van der Waals surface area (Å²) < 4.78 is 17.3. The van der Waals surface area contributed by atoms with Crippen molar-refractivity contribution < 1.29 is 33.7 Å². The van der Waals surface area contributed by atoms with Crippen molar-refractivity contribution in [3.8, 4) is 0 Å². The molecule has 0 aromatic heterocycles. The third kappa shape index (κ3) is 3.78. The van der Waals surface area contributed by atoms with Crippen molar-refractivity contribution in [2.75, 3.05) is 0 Å². The lowest BCUT2D eigenvalue weighted by Crippen LogP contribution is -2.61. The van der Waals surface area contributed by atoms with Crippen LogP contribution in [-0.4, -0.2) is 51.9 Å². The quantitative estimate of drug-likeness (QED) is 0.368. The number of nitrogens with one attached hydrogen (secondary N) is 1. The van der Waals surface area contributed by atoms with Gasteiger partial charge in [0.05, 0.1) is 23.9 Å². The molecule has 0 unspecified atom stereocenters. The van der Waals surface area contributed by atoms with E-state index in [2.05, 4.69) is 5.32 Å². The number of rotatable bonds is 2. The van der Waals surface area contributed by atoms with E-state index in [1.54, 1.807) is 6.92 Å². The molecule has 8 heteroatoms. The molecule has 192 valence electrons. The summed E-state index contributed by atoms with van der Waals surface area (Å²) in [4.78, 5) is 39.5. The molecule has 3 heterocycles. The Morgan fingerprint density at radius 3 is 2.56 bits per heavy atom. The molecule has 8 nitrogen and oxygen atoms in total. The summed E-state index contributed by atoms with van der Waals surface area (Å²) in [5.74, 6) is -2.32. The van der Waals surface area contributed by atoms with Gasteiger partial charge < -0.3 is 24.6 Å². The molecule has 0 bridgehead atoms. The Kier molecular flexibility index (Phi) is 5.87. The van der Waals surface area contributed by atoms with Crippen molar-refractivity contribution in [3.63, 3.8) is 0 Å². The molecule has 1 aliphatic carbocycles. The maximum Gasteiger partial charge on any atom is 0.514 e. The van der Waals surface area contributed by atoms with E-state index in [9.17, 15) is 19.5 Å². The van der Waals surface area contributed by atoms with Crippen LogP contribution in [0.1, 0.15) is 39.7 Å². The number of carbonyl (C=O) groups is 3. The van der Waals surface area contributed by atoms with Gasteiger partial charge in [-0.1, -0.05) is 56.3 Å². The van der Waals surface area contributed by atoms with Crippen molar-refractivity contribution in [2.24, 2.45) is 23.7 Å². The fourth-order valence-corrected chi connectivity index (χ4v) is 6.51. The SMILES string of the molecule is C[C@H]1C/C=C\[C@H]2[C@H]3O[C@]3(C)[C@@H](C)[C@H]3[C@@H](Cc4ccccc4)NC(=O)[C@@]32OC(=O)O/C=C\[C@@](C)(O)C1=O. The zero-order chi connectivity index (χ0) is 25.9. The van der Waals surface area contributed by atoms with Crippen LogP contribution < -0.4 is 5.32 Å². The predicted octanol–water partition coefficient (Wildman–Crippen LogP) is 3.09. The number of allylic oxidation sites excluding steroid dienone is 1. The number of fused-ring (bicyclic) bond motifs is 2. The van der Waals surface area contributed by atoms with Crippen LogP contribution in [0.5, 0.6) is 0 Å². The summed E-state index contributed by atoms with van der Waals surface area (Å²) in [5.41, 5.74) is -2.76. The number of Topliss-reactive ketones (excluding diaryl/α,β-unsaturated/α-hetero) is 1. The van der Waals surface area contributed by atoms with E-state index in [-0.39, 0.29) is 29.9 Å². The predicted molar refractivity (Wildman–Crippen MR) is 129 cm³/mol. The molecule has 1 amide bonds. The third-order valence-electron chi connectivity index (χ3n) is 8.64. The highest BCUT2D eigenvalue weighted by Crippen LogP contribution is 2.63. The molecule has 3 fully saturated rings. The summed E-state index contributed by atoms with van der Waals surface area (Å²) in [6.45, 7) is 7.15.